The van der Waals surface area contributed by atoms with Crippen LogP contribution in [0.25, 0.3) is 0 Å². The summed E-state index contributed by atoms with van der Waals surface area (Å²) in [5.74, 6) is 1.77. The monoisotopic (exact) mass is 393 g/mol. The molecule has 1 aromatic rings. The van der Waals surface area contributed by atoms with Crippen molar-refractivity contribution in [2.24, 2.45) is 4.99 Å². The van der Waals surface area contributed by atoms with E-state index < -0.39 is 0 Å². The lowest BCUT2D eigenvalue weighted by atomic mass is 10.00. The number of ether oxygens (including phenoxy) is 1. The van der Waals surface area contributed by atoms with E-state index in [0.29, 0.717) is 6.54 Å². The molecule has 1 fully saturated rings. The summed E-state index contributed by atoms with van der Waals surface area (Å²) in [4.78, 5) is 7.31. The van der Waals surface area contributed by atoms with Crippen molar-refractivity contribution >= 4 is 5.96 Å². The lowest BCUT2D eigenvalue weighted by Crippen LogP contribution is -2.59. The van der Waals surface area contributed by atoms with Crippen LogP contribution in [0, 0.1) is 0 Å². The average molecular weight is 394 g/mol. The summed E-state index contributed by atoms with van der Waals surface area (Å²) in [5, 5.41) is 11.1. The third kappa shape index (κ3) is 5.95. The Bertz CT molecular complexity index is 609. The molecule has 1 aliphatic heterocycles. The summed E-state index contributed by atoms with van der Waals surface area (Å²) in [7, 11) is 0. The van der Waals surface area contributed by atoms with Crippen LogP contribution in [0.5, 0.6) is 0 Å². The molecule has 0 aliphatic carbocycles. The fourth-order valence-electron chi connectivity index (χ4n) is 3.70. The van der Waals surface area contributed by atoms with Crippen LogP contribution in [0.3, 0.4) is 0 Å². The van der Waals surface area contributed by atoms with Gasteiger partial charge in [0.1, 0.15) is 5.76 Å². The van der Waals surface area contributed by atoms with E-state index in [-0.39, 0.29) is 17.7 Å². The third-order valence-electron chi connectivity index (χ3n) is 5.31. The second-order valence-corrected chi connectivity index (χ2v) is 8.26. The van der Waals surface area contributed by atoms with Crippen molar-refractivity contribution in [3.05, 3.63) is 17.0 Å². The maximum Gasteiger partial charge on any atom is 0.191 e. The molecule has 1 saturated heterocycles. The maximum absolute atomic E-state index is 5.89. The SMILES string of the molecule is CCNC(=NCc1c(CC)noc1CC)NCC(C)(C)N1CC(C)OC(C)C1. The topological polar surface area (TPSA) is 74.9 Å². The molecule has 2 N–H and O–H groups in total. The van der Waals surface area contributed by atoms with Crippen molar-refractivity contribution < 1.29 is 9.26 Å². The Morgan fingerprint density at radius 3 is 2.39 bits per heavy atom. The molecule has 2 heterocycles. The lowest BCUT2D eigenvalue weighted by Gasteiger charge is -2.45. The number of morpholine rings is 1. The smallest absolute Gasteiger partial charge is 0.191 e. The Kier molecular flexibility index (Phi) is 8.31. The van der Waals surface area contributed by atoms with Gasteiger partial charge in [-0.1, -0.05) is 19.0 Å². The van der Waals surface area contributed by atoms with E-state index in [1.807, 2.05) is 0 Å². The van der Waals surface area contributed by atoms with Gasteiger partial charge in [0.05, 0.1) is 24.4 Å². The van der Waals surface area contributed by atoms with E-state index in [2.05, 4.69) is 69.2 Å². The lowest BCUT2D eigenvalue weighted by molar-refractivity contribution is -0.0946. The van der Waals surface area contributed by atoms with Crippen LogP contribution >= 0.6 is 0 Å². The number of aliphatic imine (C=N–C) groups is 1. The van der Waals surface area contributed by atoms with Crippen LogP contribution in [0.4, 0.5) is 0 Å². The summed E-state index contributed by atoms with van der Waals surface area (Å²) in [6.07, 6.45) is 2.22. The Hall–Kier alpha value is -1.60. The van der Waals surface area contributed by atoms with Gasteiger partial charge in [-0.2, -0.15) is 0 Å². The maximum atomic E-state index is 5.89. The van der Waals surface area contributed by atoms with Gasteiger partial charge in [0.2, 0.25) is 0 Å². The molecule has 2 unspecified atom stereocenters. The number of hydrogen-bond acceptors (Lipinski definition) is 5. The van der Waals surface area contributed by atoms with Crippen LogP contribution < -0.4 is 10.6 Å². The van der Waals surface area contributed by atoms with Gasteiger partial charge in [0.15, 0.2) is 5.96 Å². The zero-order valence-electron chi connectivity index (χ0n) is 18.8. The van der Waals surface area contributed by atoms with Crippen LogP contribution in [0.1, 0.15) is 65.5 Å². The van der Waals surface area contributed by atoms with E-state index in [0.717, 1.165) is 62.0 Å². The fraction of sp³-hybridized carbons (Fsp3) is 0.810. The largest absolute Gasteiger partial charge is 0.373 e. The van der Waals surface area contributed by atoms with Crippen molar-refractivity contribution in [1.29, 1.82) is 0 Å². The Morgan fingerprint density at radius 1 is 1.14 bits per heavy atom. The van der Waals surface area contributed by atoms with Crippen LogP contribution in [0.2, 0.25) is 0 Å². The van der Waals surface area contributed by atoms with Gasteiger partial charge in [-0.3, -0.25) is 4.90 Å². The zero-order valence-corrected chi connectivity index (χ0v) is 18.8. The Balaban J connectivity index is 2.04. The molecule has 1 aliphatic rings. The van der Waals surface area contributed by atoms with E-state index >= 15 is 0 Å². The minimum Gasteiger partial charge on any atom is -0.373 e. The van der Waals surface area contributed by atoms with Crippen molar-refractivity contribution in [3.8, 4) is 0 Å². The average Bonchev–Trinajstić information content (AvgIpc) is 3.05. The number of nitrogens with zero attached hydrogens (tertiary/aromatic N) is 3. The Morgan fingerprint density at radius 2 is 1.82 bits per heavy atom. The molecule has 0 bridgehead atoms. The van der Waals surface area contributed by atoms with Gasteiger partial charge in [0.25, 0.3) is 0 Å². The van der Waals surface area contributed by atoms with Crippen molar-refractivity contribution in [2.45, 2.75) is 85.6 Å². The van der Waals surface area contributed by atoms with E-state index in [1.165, 1.54) is 0 Å². The molecule has 1 aromatic heterocycles. The molecule has 0 spiro atoms. The van der Waals surface area contributed by atoms with E-state index in [4.69, 9.17) is 14.3 Å². The molecular weight excluding hydrogens is 354 g/mol. The molecule has 0 radical (unpaired) electrons. The van der Waals surface area contributed by atoms with Crippen molar-refractivity contribution in [1.82, 2.24) is 20.7 Å². The second-order valence-electron chi connectivity index (χ2n) is 8.26. The quantitative estimate of drug-likeness (QED) is 0.522. The molecule has 28 heavy (non-hydrogen) atoms. The summed E-state index contributed by atoms with van der Waals surface area (Å²) in [6.45, 7) is 19.2. The van der Waals surface area contributed by atoms with Crippen LogP contribution in [-0.2, 0) is 24.1 Å². The highest BCUT2D eigenvalue weighted by Gasteiger charge is 2.33. The predicted molar refractivity (Wildman–Crippen MR) is 114 cm³/mol. The molecule has 160 valence electrons. The number of rotatable bonds is 8. The number of hydrogen-bond donors (Lipinski definition) is 2. The van der Waals surface area contributed by atoms with Crippen LogP contribution in [0.15, 0.2) is 9.52 Å². The number of nitrogens with one attached hydrogen (secondary N) is 2. The number of guanidine groups is 1. The molecule has 0 amide bonds. The van der Waals surface area contributed by atoms with Crippen LogP contribution in [-0.4, -0.2) is 59.9 Å². The standard InChI is InChI=1S/C21H39N5O2/c1-8-18-17(19(9-2)28-25-18)11-23-20(22-10-3)24-14-21(6,7)26-12-15(4)27-16(5)13-26/h15-16H,8-14H2,1-7H3,(H2,22,23,24). The second kappa shape index (κ2) is 10.3. The Labute approximate surface area is 170 Å². The van der Waals surface area contributed by atoms with Gasteiger partial charge in [-0.05, 0) is 41.0 Å². The van der Waals surface area contributed by atoms with E-state index in [1.54, 1.807) is 0 Å². The van der Waals surface area contributed by atoms with E-state index in [9.17, 15) is 0 Å². The first-order chi connectivity index (χ1) is 13.3. The predicted octanol–water partition coefficient (Wildman–Crippen LogP) is 2.74. The highest BCUT2D eigenvalue weighted by Crippen LogP contribution is 2.21. The fourth-order valence-corrected chi connectivity index (χ4v) is 3.70. The number of aromatic nitrogens is 1. The first-order valence-corrected chi connectivity index (χ1v) is 10.7. The van der Waals surface area contributed by atoms with Gasteiger partial charge in [-0.15, -0.1) is 0 Å². The first kappa shape index (κ1) is 22.7. The molecule has 7 nitrogen and oxygen atoms in total. The van der Waals surface area contributed by atoms with Crippen molar-refractivity contribution in [3.63, 3.8) is 0 Å². The molecule has 2 rings (SSSR count). The highest BCUT2D eigenvalue weighted by molar-refractivity contribution is 5.79. The molecule has 0 aromatic carbocycles. The van der Waals surface area contributed by atoms with Gasteiger partial charge in [-0.25, -0.2) is 4.99 Å². The molecule has 2 atom stereocenters. The highest BCUT2D eigenvalue weighted by atomic mass is 16.5. The molecule has 0 saturated carbocycles. The van der Waals surface area contributed by atoms with Crippen molar-refractivity contribution in [2.75, 3.05) is 26.2 Å². The normalized spacial score (nSPS) is 21.8. The number of aryl methyl sites for hydroxylation is 2. The minimum atomic E-state index is 0.00282. The third-order valence-corrected chi connectivity index (χ3v) is 5.31. The van der Waals surface area contributed by atoms with Gasteiger partial charge >= 0.3 is 0 Å². The summed E-state index contributed by atoms with van der Waals surface area (Å²) in [6, 6.07) is 0. The minimum absolute atomic E-state index is 0.00282. The summed E-state index contributed by atoms with van der Waals surface area (Å²) < 4.78 is 11.3. The molecule has 7 heteroatoms. The summed E-state index contributed by atoms with van der Waals surface area (Å²) >= 11 is 0. The van der Waals surface area contributed by atoms with Gasteiger partial charge < -0.3 is 19.9 Å². The zero-order chi connectivity index (χ0) is 20.7. The molecular formula is C21H39N5O2. The first-order valence-electron chi connectivity index (χ1n) is 10.7. The summed E-state index contributed by atoms with van der Waals surface area (Å²) in [5.41, 5.74) is 2.13. The van der Waals surface area contributed by atoms with Gasteiger partial charge in [0, 0.05) is 43.7 Å².